The number of hydrogen-bond acceptors (Lipinski definition) is 15. The Balaban J connectivity index is 0.00000120. The van der Waals surface area contributed by atoms with Crippen LogP contribution in [0.2, 0.25) is 0 Å². The third kappa shape index (κ3) is 14.7. The van der Waals surface area contributed by atoms with Crippen molar-refractivity contribution in [3.63, 3.8) is 0 Å². The molecule has 0 N–H and O–H groups in total. The Morgan fingerprint density at radius 2 is 0.880 bits per heavy atom. The van der Waals surface area contributed by atoms with Gasteiger partial charge in [0.25, 0.3) is 0 Å². The van der Waals surface area contributed by atoms with Crippen LogP contribution in [0.1, 0.15) is 31.9 Å². The SMILES string of the molecule is CC#N.CC#N.CN1CCN(C)CC(C)(N2C[C@@]3(c4ccccc4)CN(C)C[C@@](c4ccccc4)(C2)C3=O)C1.[Co+2].[O-][Cl+3]([O-])([O-])[O-].[O-][Cl+3]([O-])([O-])[O-]. The van der Waals surface area contributed by atoms with Crippen molar-refractivity contribution < 1.29 is 79.3 Å². The van der Waals surface area contributed by atoms with Gasteiger partial charge in [-0.2, -0.15) is 10.5 Å². The van der Waals surface area contributed by atoms with E-state index in [1.807, 2.05) is 0 Å². The molecule has 0 saturated carbocycles. The van der Waals surface area contributed by atoms with E-state index in [2.05, 4.69) is 108 Å². The number of benzene rings is 2. The van der Waals surface area contributed by atoms with Gasteiger partial charge in [-0.1, -0.05) is 60.7 Å². The molecule has 5 rings (SSSR count). The molecule has 0 spiro atoms. The number of carbonyl (C=O) groups is 1. The molecule has 18 heteroatoms. The van der Waals surface area contributed by atoms with Crippen LogP contribution in [0.5, 0.6) is 0 Å². The van der Waals surface area contributed by atoms with Gasteiger partial charge >= 0.3 is 16.8 Å². The molecule has 3 heterocycles. The van der Waals surface area contributed by atoms with Crippen molar-refractivity contribution in [2.75, 3.05) is 73.5 Å². The number of Topliss-reactive ketones (excluding diaryl/α,β-unsaturated/α-hetero) is 1. The molecule has 1 radical (unpaired) electrons. The van der Waals surface area contributed by atoms with Crippen LogP contribution in [0.4, 0.5) is 0 Å². The average Bonchev–Trinajstić information content (AvgIpc) is 3.10. The molecule has 3 aliphatic heterocycles. The van der Waals surface area contributed by atoms with Gasteiger partial charge in [0.1, 0.15) is 0 Å². The maximum Gasteiger partial charge on any atom is 2.00 e. The molecular weight excluding hydrogens is 742 g/mol. The van der Waals surface area contributed by atoms with Gasteiger partial charge in [0.15, 0.2) is 5.78 Å². The van der Waals surface area contributed by atoms with Gasteiger partial charge in [-0.25, -0.2) is 37.3 Å². The quantitative estimate of drug-likeness (QED) is 0.280. The number of hydrogen-bond donors (Lipinski definition) is 0. The Kier molecular flexibility index (Phi) is 19.7. The monoisotopic (exact) mass is 785 g/mol. The second kappa shape index (κ2) is 20.7. The summed E-state index contributed by atoms with van der Waals surface area (Å²) in [5, 5.41) is 14.6. The number of carbonyl (C=O) groups excluding carboxylic acids is 1. The minimum absolute atomic E-state index is 0. The second-order valence-electron chi connectivity index (χ2n) is 12.4. The zero-order valence-electron chi connectivity index (χ0n) is 28.9. The molecule has 0 unspecified atom stereocenters. The number of nitrogens with zero attached hydrogens (tertiary/aromatic N) is 6. The topological polar surface area (TPSA) is 262 Å². The maximum atomic E-state index is 14.7. The fourth-order valence-corrected chi connectivity index (χ4v) is 6.97. The molecule has 0 aromatic heterocycles. The number of piperidine rings is 2. The Hall–Kier alpha value is -2.30. The zero-order chi connectivity index (χ0) is 37.7. The molecule has 3 saturated heterocycles. The van der Waals surface area contributed by atoms with Crippen LogP contribution in [0.15, 0.2) is 60.7 Å². The number of halogens is 2. The molecular formula is C32H44Cl2CoN6O9. The molecule has 3 fully saturated rings. The van der Waals surface area contributed by atoms with E-state index in [0.717, 1.165) is 63.5 Å². The molecule has 2 bridgehead atoms. The van der Waals surface area contributed by atoms with Crippen molar-refractivity contribution in [3.8, 4) is 12.1 Å². The third-order valence-electron chi connectivity index (χ3n) is 8.37. The number of ketones is 1. The molecule has 3 aliphatic rings. The summed E-state index contributed by atoms with van der Waals surface area (Å²) in [6.07, 6.45) is 0. The van der Waals surface area contributed by atoms with Gasteiger partial charge in [-0.3, -0.25) is 9.69 Å². The largest absolute Gasteiger partial charge is 2.00 e. The number of likely N-dealkylation sites (N-methyl/N-ethyl adjacent to an activating group) is 3. The maximum absolute atomic E-state index is 14.7. The number of nitriles is 2. The zero-order valence-corrected chi connectivity index (χ0v) is 31.4. The van der Waals surface area contributed by atoms with E-state index >= 15 is 0 Å². The van der Waals surface area contributed by atoms with Crippen LogP contribution < -0.4 is 37.3 Å². The summed E-state index contributed by atoms with van der Waals surface area (Å²) >= 11 is 0. The van der Waals surface area contributed by atoms with Crippen molar-refractivity contribution in [2.24, 2.45) is 0 Å². The Morgan fingerprint density at radius 3 is 1.16 bits per heavy atom. The average molecular weight is 787 g/mol. The second-order valence-corrected chi connectivity index (χ2v) is 13.9. The fourth-order valence-electron chi connectivity index (χ4n) is 6.97. The first kappa shape index (κ1) is 47.7. The summed E-state index contributed by atoms with van der Waals surface area (Å²) in [5.74, 6) is 0.403. The van der Waals surface area contributed by atoms with E-state index < -0.39 is 31.3 Å². The number of rotatable bonds is 3. The molecule has 2 atom stereocenters. The van der Waals surface area contributed by atoms with Gasteiger partial charge in [0.2, 0.25) is 0 Å². The first-order chi connectivity index (χ1) is 22.6. The van der Waals surface area contributed by atoms with Crippen LogP contribution >= 0.6 is 0 Å². The van der Waals surface area contributed by atoms with E-state index in [9.17, 15) is 4.79 Å². The van der Waals surface area contributed by atoms with Crippen LogP contribution in [-0.2, 0) is 32.4 Å². The van der Waals surface area contributed by atoms with Crippen molar-refractivity contribution in [1.29, 1.82) is 10.5 Å². The van der Waals surface area contributed by atoms with E-state index in [0.29, 0.717) is 5.78 Å². The predicted molar refractivity (Wildman–Crippen MR) is 156 cm³/mol. The van der Waals surface area contributed by atoms with Crippen LogP contribution in [0.3, 0.4) is 0 Å². The fraction of sp³-hybridized carbons (Fsp3) is 0.531. The molecule has 2 aromatic carbocycles. The Bertz CT molecular complexity index is 1280. The van der Waals surface area contributed by atoms with E-state index in [1.165, 1.54) is 13.8 Å². The van der Waals surface area contributed by atoms with E-state index in [-0.39, 0.29) is 22.3 Å². The molecule has 15 nitrogen and oxygen atoms in total. The first-order valence-corrected chi connectivity index (χ1v) is 17.4. The number of fused-ring (bicyclic) bond motifs is 2. The standard InChI is InChI=1S/C28H38N4O.2C2H3N.2ClHO4.Co/c1-26(17-29(2)15-16-30(3)18-26)32-21-27(23-11-7-5-8-12-23)19-31(4)20-28(22-32,25(27)33)24-13-9-6-10-14-24;2*1-2-3;2*2-1(3,4)5;/h5-14H,15-22H2,1-4H3;2*1H3;2*(H,2,3,4,5);/q;;;;;+2/p-2/t27-,28+;;;;;. The summed E-state index contributed by atoms with van der Waals surface area (Å²) in [7, 11) is -3.23. The summed E-state index contributed by atoms with van der Waals surface area (Å²) in [4.78, 5) is 24.7. The van der Waals surface area contributed by atoms with E-state index in [4.69, 9.17) is 47.8 Å². The van der Waals surface area contributed by atoms with Gasteiger partial charge in [0, 0.05) is 71.7 Å². The minimum Gasteiger partial charge on any atom is -0.304 e. The number of likely N-dealkylation sites (tertiary alicyclic amines) is 2. The Morgan fingerprint density at radius 1 is 0.600 bits per heavy atom. The van der Waals surface area contributed by atoms with Gasteiger partial charge < -0.3 is 14.7 Å². The molecule has 2 aromatic rings. The smallest absolute Gasteiger partial charge is 0.304 e. The molecule has 0 amide bonds. The van der Waals surface area contributed by atoms with Crippen LogP contribution in [0, 0.1) is 43.1 Å². The summed E-state index contributed by atoms with van der Waals surface area (Å²) in [6.45, 7) is 12.5. The minimum atomic E-state index is -4.94. The van der Waals surface area contributed by atoms with E-state index in [1.54, 1.807) is 12.1 Å². The normalized spacial score (nSPS) is 23.8. The summed E-state index contributed by atoms with van der Waals surface area (Å²) in [5.41, 5.74) is 1.22. The predicted octanol–water partition coefficient (Wildman–Crippen LogP) is -6.13. The van der Waals surface area contributed by atoms with Crippen molar-refractivity contribution in [1.82, 2.24) is 19.6 Å². The first-order valence-electron chi connectivity index (χ1n) is 14.9. The molecule has 0 aliphatic carbocycles. The van der Waals surface area contributed by atoms with Gasteiger partial charge in [-0.15, -0.1) is 20.5 Å². The van der Waals surface area contributed by atoms with Crippen LogP contribution in [-0.4, -0.2) is 104 Å². The van der Waals surface area contributed by atoms with Crippen molar-refractivity contribution in [2.45, 2.75) is 37.1 Å². The summed E-state index contributed by atoms with van der Waals surface area (Å²) in [6, 6.07) is 24.6. The molecule has 50 heavy (non-hydrogen) atoms. The van der Waals surface area contributed by atoms with Gasteiger partial charge in [-0.05, 0) is 39.2 Å². The van der Waals surface area contributed by atoms with Crippen molar-refractivity contribution in [3.05, 3.63) is 71.8 Å². The Labute approximate surface area is 308 Å². The third-order valence-corrected chi connectivity index (χ3v) is 8.37. The van der Waals surface area contributed by atoms with Gasteiger partial charge in [0.05, 0.1) is 23.0 Å². The molecule has 279 valence electrons. The van der Waals surface area contributed by atoms with Crippen molar-refractivity contribution >= 4 is 5.78 Å². The van der Waals surface area contributed by atoms with Crippen LogP contribution in [0.25, 0.3) is 0 Å². The summed E-state index contributed by atoms with van der Waals surface area (Å²) < 4.78 is 67.9.